The molecule has 1 aliphatic rings. The second-order valence-corrected chi connectivity index (χ2v) is 14.1. The summed E-state index contributed by atoms with van der Waals surface area (Å²) in [6.45, 7) is 7.14. The number of likely N-dealkylation sites (tertiary alicyclic amines) is 1. The molecular formula is C42H44N6O9. The number of nitro groups is 1. The van der Waals surface area contributed by atoms with Crippen LogP contribution >= 0.6 is 0 Å². The van der Waals surface area contributed by atoms with Gasteiger partial charge in [-0.15, -0.1) is 0 Å². The van der Waals surface area contributed by atoms with E-state index in [9.17, 15) is 35.5 Å². The van der Waals surface area contributed by atoms with Crippen LogP contribution in [-0.4, -0.2) is 72.6 Å². The monoisotopic (exact) mass is 776 g/mol. The molecule has 296 valence electrons. The number of carboxylic acids is 1. The maximum absolute atomic E-state index is 12.4. The highest BCUT2D eigenvalue weighted by Gasteiger charge is 2.26. The van der Waals surface area contributed by atoms with Gasteiger partial charge >= 0.3 is 11.7 Å². The lowest BCUT2D eigenvalue weighted by atomic mass is 9.91. The molecule has 0 amide bonds. The number of nitrogens with zero attached hydrogens (tertiary/aromatic N) is 5. The number of benzene rings is 4. The zero-order valence-corrected chi connectivity index (χ0v) is 31.8. The number of nitro benzene ring substituents is 1. The summed E-state index contributed by atoms with van der Waals surface area (Å²) in [5.74, 6) is -0.178. The summed E-state index contributed by atoms with van der Waals surface area (Å²) >= 11 is 0. The van der Waals surface area contributed by atoms with Gasteiger partial charge in [-0.3, -0.25) is 25.1 Å². The summed E-state index contributed by atoms with van der Waals surface area (Å²) in [7, 11) is 0. The maximum Gasteiger partial charge on any atom is 0.323 e. The minimum atomic E-state index is -1.34. The first-order valence-corrected chi connectivity index (χ1v) is 18.5. The van der Waals surface area contributed by atoms with Gasteiger partial charge in [0.2, 0.25) is 5.75 Å². The zero-order chi connectivity index (χ0) is 40.6. The lowest BCUT2D eigenvalue weighted by molar-refractivity contribution is -0.386. The minimum Gasteiger partial charge on any atom is -0.488 e. The molecule has 0 aliphatic carbocycles. The van der Waals surface area contributed by atoms with Crippen LogP contribution in [0.2, 0.25) is 0 Å². The van der Waals surface area contributed by atoms with Crippen LogP contribution in [0.25, 0.3) is 22.6 Å². The van der Waals surface area contributed by atoms with E-state index >= 15 is 0 Å². The van der Waals surface area contributed by atoms with Crippen LogP contribution in [0.15, 0.2) is 77.3 Å². The summed E-state index contributed by atoms with van der Waals surface area (Å²) in [5, 5.41) is 58.1. The first-order valence-electron chi connectivity index (χ1n) is 18.5. The van der Waals surface area contributed by atoms with E-state index in [0.717, 1.165) is 46.5 Å². The van der Waals surface area contributed by atoms with Crippen molar-refractivity contribution < 1.29 is 39.0 Å². The number of aromatic nitrogens is 2. The zero-order valence-electron chi connectivity index (χ0n) is 31.8. The molecule has 6 rings (SSSR count). The molecule has 57 heavy (non-hydrogen) atoms. The quantitative estimate of drug-likeness (QED) is 0.0684. The van der Waals surface area contributed by atoms with Gasteiger partial charge in [0.05, 0.1) is 35.3 Å². The molecule has 1 unspecified atom stereocenters. The number of hydrogen-bond acceptors (Lipinski definition) is 13. The Morgan fingerprint density at radius 2 is 1.68 bits per heavy atom. The Kier molecular flexibility index (Phi) is 12.9. The van der Waals surface area contributed by atoms with Gasteiger partial charge in [0.15, 0.2) is 5.82 Å². The van der Waals surface area contributed by atoms with Crippen molar-refractivity contribution in [3.05, 3.63) is 122 Å². The summed E-state index contributed by atoms with van der Waals surface area (Å²) in [6.07, 6.45) is -0.0825. The van der Waals surface area contributed by atoms with Gasteiger partial charge in [0.1, 0.15) is 25.0 Å². The molecule has 15 nitrogen and oxygen atoms in total. The smallest absolute Gasteiger partial charge is 0.323 e. The first kappa shape index (κ1) is 40.5. The topological polar surface area (TPSA) is 217 Å². The molecule has 0 spiro atoms. The van der Waals surface area contributed by atoms with Gasteiger partial charge in [-0.2, -0.15) is 10.2 Å². The van der Waals surface area contributed by atoms with Crippen LogP contribution in [0.3, 0.4) is 0 Å². The fourth-order valence-electron chi connectivity index (χ4n) is 6.85. The molecule has 15 heteroatoms. The van der Waals surface area contributed by atoms with Crippen molar-refractivity contribution in [1.29, 1.82) is 5.26 Å². The van der Waals surface area contributed by atoms with Crippen LogP contribution in [0.4, 0.5) is 5.69 Å². The molecule has 2 atom stereocenters. The number of rotatable bonds is 16. The van der Waals surface area contributed by atoms with Gasteiger partial charge in [-0.25, -0.2) is 0 Å². The highest BCUT2D eigenvalue weighted by Crippen LogP contribution is 2.38. The lowest BCUT2D eigenvalue weighted by Crippen LogP contribution is -2.44. The number of nitriles is 1. The van der Waals surface area contributed by atoms with E-state index in [4.69, 9.17) is 14.0 Å². The Balaban J connectivity index is 1.25. The Morgan fingerprint density at radius 1 is 1.00 bits per heavy atom. The number of piperidine rings is 1. The van der Waals surface area contributed by atoms with Crippen LogP contribution < -0.4 is 14.8 Å². The molecule has 1 aliphatic heterocycles. The minimum absolute atomic E-state index is 0.00640. The molecule has 0 bridgehead atoms. The molecular weight excluding hydrogens is 732 g/mol. The fourth-order valence-corrected chi connectivity index (χ4v) is 6.85. The largest absolute Gasteiger partial charge is 0.488 e. The second-order valence-electron chi connectivity index (χ2n) is 14.1. The van der Waals surface area contributed by atoms with Crippen molar-refractivity contribution >= 4 is 11.7 Å². The third kappa shape index (κ3) is 9.80. The molecule has 1 aromatic heterocycles. The Bertz CT molecular complexity index is 2280. The van der Waals surface area contributed by atoms with Gasteiger partial charge in [-0.1, -0.05) is 47.6 Å². The van der Waals surface area contributed by atoms with Crippen LogP contribution in [-0.2, 0) is 31.1 Å². The predicted molar refractivity (Wildman–Crippen MR) is 208 cm³/mol. The van der Waals surface area contributed by atoms with Crippen LogP contribution in [0.1, 0.15) is 59.0 Å². The number of aliphatic carboxylic acids is 1. The average molecular weight is 777 g/mol. The Hall–Kier alpha value is -6.18. The van der Waals surface area contributed by atoms with E-state index < -0.39 is 23.0 Å². The molecule has 5 aromatic rings. The molecule has 1 fully saturated rings. The molecule has 2 heterocycles. The molecule has 0 saturated carbocycles. The van der Waals surface area contributed by atoms with Crippen LogP contribution in [0.5, 0.6) is 11.5 Å². The van der Waals surface area contributed by atoms with Crippen LogP contribution in [0, 0.1) is 35.3 Å². The highest BCUT2D eigenvalue weighted by atomic mass is 16.6. The number of aliphatic hydroxyl groups is 2. The SMILES string of the molecule is Cc1c(COc2cc(OCc3cccc(C#N)c3)c(CN[C@H](C(=O)O)C(C)O)cc2[N+](=O)[O-])cccc1-c1cccc(-c2nc(CN3CCC(O)CC3)no2)c1C. The number of aliphatic hydroxyl groups excluding tert-OH is 2. The second kappa shape index (κ2) is 18.2. The standard InChI is InChI=1S/C42H44N6O9/c1-25-30(9-5-10-33(25)34-11-6-12-35(26(34)2)41-45-39(46-57-41)22-47-15-13-32(50)14-16-47)24-56-38-19-37(55-23-29-8-4-7-28(17-29)20-43)31(18-36(38)48(53)54)21-44-40(27(3)49)42(51)52/h4-12,17-19,27,32,40,44,49-50H,13-16,21-24H2,1-3H3,(H,51,52)/t27?,40-/m0/s1. The van der Waals surface area contributed by atoms with E-state index in [1.807, 2.05) is 50.2 Å². The van der Waals surface area contributed by atoms with Gasteiger partial charge in [0, 0.05) is 42.9 Å². The van der Waals surface area contributed by atoms with E-state index in [2.05, 4.69) is 26.4 Å². The average Bonchev–Trinajstić information content (AvgIpc) is 3.66. The first-order chi connectivity index (χ1) is 27.4. The molecule has 4 N–H and O–H groups in total. The Labute approximate surface area is 329 Å². The van der Waals surface area contributed by atoms with Crippen molar-refractivity contribution in [3.63, 3.8) is 0 Å². The summed E-state index contributed by atoms with van der Waals surface area (Å²) in [6, 6.07) is 21.8. The summed E-state index contributed by atoms with van der Waals surface area (Å²) in [4.78, 5) is 30.4. The third-order valence-electron chi connectivity index (χ3n) is 10.1. The fraction of sp³-hybridized carbons (Fsp3) is 0.333. The number of nitrogens with one attached hydrogen (secondary N) is 1. The van der Waals surface area contributed by atoms with Gasteiger partial charge < -0.3 is 29.3 Å². The third-order valence-corrected chi connectivity index (χ3v) is 10.1. The normalized spacial score (nSPS) is 14.5. The van der Waals surface area contributed by atoms with Crippen molar-refractivity contribution in [2.75, 3.05) is 13.1 Å². The van der Waals surface area contributed by atoms with E-state index in [1.54, 1.807) is 24.3 Å². The number of ether oxygens (including phenoxy) is 2. The molecule has 4 aromatic carbocycles. The number of carboxylic acid groups (broad SMARTS) is 1. The van der Waals surface area contributed by atoms with E-state index in [-0.39, 0.29) is 48.6 Å². The highest BCUT2D eigenvalue weighted by molar-refractivity contribution is 5.78. The van der Waals surface area contributed by atoms with Crippen molar-refractivity contribution in [1.82, 2.24) is 20.4 Å². The molecule has 1 saturated heterocycles. The summed E-state index contributed by atoms with van der Waals surface area (Å²) < 4.78 is 18.0. The van der Waals surface area contributed by atoms with Gasteiger partial charge in [0.25, 0.3) is 5.89 Å². The van der Waals surface area contributed by atoms with E-state index in [1.165, 1.54) is 19.1 Å². The predicted octanol–water partition coefficient (Wildman–Crippen LogP) is 5.84. The van der Waals surface area contributed by atoms with Crippen molar-refractivity contribution in [3.8, 4) is 40.1 Å². The van der Waals surface area contributed by atoms with Crippen molar-refractivity contribution in [2.45, 2.75) is 78.2 Å². The number of hydrogen-bond donors (Lipinski definition) is 4. The maximum atomic E-state index is 12.4. The number of carbonyl (C=O) groups is 1. The molecule has 0 radical (unpaired) electrons. The van der Waals surface area contributed by atoms with E-state index in [0.29, 0.717) is 42.2 Å². The Morgan fingerprint density at radius 3 is 2.39 bits per heavy atom. The summed E-state index contributed by atoms with van der Waals surface area (Å²) in [5.41, 5.74) is 6.27. The van der Waals surface area contributed by atoms with Gasteiger partial charge in [-0.05, 0) is 85.2 Å². The van der Waals surface area contributed by atoms with Crippen molar-refractivity contribution in [2.24, 2.45) is 0 Å². The lowest BCUT2D eigenvalue weighted by Gasteiger charge is -2.28.